The van der Waals surface area contributed by atoms with E-state index in [1.807, 2.05) is 6.07 Å². The number of hydrogen-bond acceptors (Lipinski definition) is 4. The molecule has 0 aliphatic rings. The second-order valence-electron chi connectivity index (χ2n) is 5.23. The van der Waals surface area contributed by atoms with Gasteiger partial charge in [0.2, 0.25) is 0 Å². The number of carbonyl (C=O) groups excluding carboxylic acids is 2. The Balaban J connectivity index is 1.91. The third-order valence-electron chi connectivity index (χ3n) is 3.36. The molecule has 1 atom stereocenters. The number of nitrogens with one attached hydrogen (secondary N) is 1. The predicted octanol–water partition coefficient (Wildman–Crippen LogP) is 3.24. The number of alkyl carbamates (subject to hydrolysis) is 1. The third kappa shape index (κ3) is 6.18. The number of rotatable bonds is 7. The minimum Gasteiger partial charge on any atom is -0.480 e. The lowest BCUT2D eigenvalue weighted by Crippen LogP contribution is -2.42. The highest BCUT2D eigenvalue weighted by atomic mass is 127. The first-order valence-electron chi connectivity index (χ1n) is 7.44. The summed E-state index contributed by atoms with van der Waals surface area (Å²) in [6, 6.07) is 14.4. The summed E-state index contributed by atoms with van der Waals surface area (Å²) in [7, 11) is 0. The minimum absolute atomic E-state index is 0.0179. The standard InChI is InChI=1S/C18H16INO5/c19-14-8-6-13(7-9-14)16(21)10-15(17(22)23)20-18(24)25-11-12-4-2-1-3-5-12/h1-9,15H,10-11H2,(H,20,24)(H,22,23). The number of carboxylic acid groups (broad SMARTS) is 1. The summed E-state index contributed by atoms with van der Waals surface area (Å²) in [6.07, 6.45) is -1.23. The molecule has 0 aliphatic carbocycles. The lowest BCUT2D eigenvalue weighted by molar-refractivity contribution is -0.139. The van der Waals surface area contributed by atoms with Crippen LogP contribution in [0.25, 0.3) is 0 Å². The maximum atomic E-state index is 12.2. The predicted molar refractivity (Wildman–Crippen MR) is 99.3 cm³/mol. The van der Waals surface area contributed by atoms with E-state index in [1.54, 1.807) is 48.5 Å². The highest BCUT2D eigenvalue weighted by Crippen LogP contribution is 2.10. The van der Waals surface area contributed by atoms with Crippen molar-refractivity contribution < 1.29 is 24.2 Å². The molecule has 25 heavy (non-hydrogen) atoms. The normalized spacial score (nSPS) is 11.4. The number of carbonyl (C=O) groups is 3. The SMILES string of the molecule is O=C(NC(CC(=O)c1ccc(I)cc1)C(=O)O)OCc1ccccc1. The quantitative estimate of drug-likeness (QED) is 0.496. The van der Waals surface area contributed by atoms with Crippen molar-refractivity contribution in [3.8, 4) is 0 Å². The van der Waals surface area contributed by atoms with E-state index in [4.69, 9.17) is 4.74 Å². The fourth-order valence-corrected chi connectivity index (χ4v) is 2.41. The van der Waals surface area contributed by atoms with Crippen molar-refractivity contribution in [2.75, 3.05) is 0 Å². The van der Waals surface area contributed by atoms with Crippen LogP contribution in [0.3, 0.4) is 0 Å². The second-order valence-corrected chi connectivity index (χ2v) is 6.48. The van der Waals surface area contributed by atoms with E-state index in [1.165, 1.54) is 0 Å². The molecule has 0 fully saturated rings. The number of hydrogen-bond donors (Lipinski definition) is 2. The highest BCUT2D eigenvalue weighted by Gasteiger charge is 2.24. The molecule has 2 aromatic rings. The maximum absolute atomic E-state index is 12.2. The molecular weight excluding hydrogens is 437 g/mol. The zero-order valence-corrected chi connectivity index (χ0v) is 15.3. The lowest BCUT2D eigenvalue weighted by Gasteiger charge is -2.14. The van der Waals surface area contributed by atoms with E-state index >= 15 is 0 Å². The van der Waals surface area contributed by atoms with Crippen LogP contribution in [0, 0.1) is 3.57 Å². The molecule has 1 unspecified atom stereocenters. The van der Waals surface area contributed by atoms with Crippen molar-refractivity contribution in [3.05, 3.63) is 69.3 Å². The number of ketones is 1. The molecule has 0 bridgehead atoms. The summed E-state index contributed by atoms with van der Waals surface area (Å²) in [5.41, 5.74) is 1.17. The zero-order chi connectivity index (χ0) is 18.2. The Hall–Kier alpha value is -2.42. The fourth-order valence-electron chi connectivity index (χ4n) is 2.05. The van der Waals surface area contributed by atoms with Gasteiger partial charge >= 0.3 is 12.1 Å². The Morgan fingerprint density at radius 2 is 1.68 bits per heavy atom. The Morgan fingerprint density at radius 1 is 1.04 bits per heavy atom. The average Bonchev–Trinajstić information content (AvgIpc) is 2.60. The van der Waals surface area contributed by atoms with Crippen molar-refractivity contribution in [1.29, 1.82) is 0 Å². The van der Waals surface area contributed by atoms with Crippen molar-refractivity contribution in [3.63, 3.8) is 0 Å². The summed E-state index contributed by atoms with van der Waals surface area (Å²) in [6.45, 7) is 0.0179. The number of carboxylic acids is 1. The minimum atomic E-state index is -1.35. The molecule has 0 aromatic heterocycles. The summed E-state index contributed by atoms with van der Waals surface area (Å²) in [5.74, 6) is -1.66. The number of ether oxygens (including phenoxy) is 1. The van der Waals surface area contributed by atoms with E-state index in [0.717, 1.165) is 9.13 Å². The van der Waals surface area contributed by atoms with Crippen LogP contribution in [0.1, 0.15) is 22.3 Å². The van der Waals surface area contributed by atoms with Crippen molar-refractivity contribution in [2.45, 2.75) is 19.1 Å². The largest absolute Gasteiger partial charge is 0.480 e. The van der Waals surface area contributed by atoms with Gasteiger partial charge in [-0.05, 0) is 40.3 Å². The van der Waals surface area contributed by atoms with Gasteiger partial charge in [-0.3, -0.25) is 4.79 Å². The van der Waals surface area contributed by atoms with Crippen LogP contribution in [0.5, 0.6) is 0 Å². The van der Waals surface area contributed by atoms with Gasteiger partial charge in [0.1, 0.15) is 12.6 Å². The van der Waals surface area contributed by atoms with Gasteiger partial charge in [-0.15, -0.1) is 0 Å². The van der Waals surface area contributed by atoms with E-state index in [2.05, 4.69) is 27.9 Å². The van der Waals surface area contributed by atoms with Crippen LogP contribution < -0.4 is 5.32 Å². The zero-order valence-electron chi connectivity index (χ0n) is 13.1. The second kappa shape index (κ2) is 9.16. The first-order valence-corrected chi connectivity index (χ1v) is 8.52. The average molecular weight is 453 g/mol. The molecule has 130 valence electrons. The van der Waals surface area contributed by atoms with Crippen LogP contribution in [-0.2, 0) is 16.1 Å². The lowest BCUT2D eigenvalue weighted by atomic mass is 10.0. The number of benzene rings is 2. The van der Waals surface area contributed by atoms with Crippen molar-refractivity contribution in [1.82, 2.24) is 5.32 Å². The molecule has 2 N–H and O–H groups in total. The van der Waals surface area contributed by atoms with Gasteiger partial charge in [0.25, 0.3) is 0 Å². The van der Waals surface area contributed by atoms with Crippen LogP contribution in [0.2, 0.25) is 0 Å². The molecule has 2 aromatic carbocycles. The first-order chi connectivity index (χ1) is 12.0. The Morgan fingerprint density at radius 3 is 2.28 bits per heavy atom. The fraction of sp³-hybridized carbons (Fsp3) is 0.167. The molecule has 0 heterocycles. The number of halogens is 1. The highest BCUT2D eigenvalue weighted by molar-refractivity contribution is 14.1. The van der Waals surface area contributed by atoms with Crippen LogP contribution >= 0.6 is 22.6 Å². The summed E-state index contributed by atoms with van der Waals surface area (Å²) in [4.78, 5) is 35.3. The van der Waals surface area contributed by atoms with Gasteiger partial charge in [-0.1, -0.05) is 42.5 Å². The van der Waals surface area contributed by atoms with Crippen LogP contribution in [-0.4, -0.2) is 29.0 Å². The third-order valence-corrected chi connectivity index (χ3v) is 4.08. The number of amides is 1. The molecular formula is C18H16INO5. The first kappa shape index (κ1) is 18.9. The molecule has 1 amide bonds. The van der Waals surface area contributed by atoms with Crippen molar-refractivity contribution >= 4 is 40.4 Å². The summed E-state index contributed by atoms with van der Waals surface area (Å²) < 4.78 is 5.95. The molecule has 0 saturated carbocycles. The van der Waals surface area contributed by atoms with E-state index in [9.17, 15) is 19.5 Å². The summed E-state index contributed by atoms with van der Waals surface area (Å²) >= 11 is 2.11. The van der Waals surface area contributed by atoms with Gasteiger partial charge in [-0.25, -0.2) is 9.59 Å². The molecule has 0 radical (unpaired) electrons. The van der Waals surface area contributed by atoms with Crippen LogP contribution in [0.4, 0.5) is 4.79 Å². The molecule has 2 rings (SSSR count). The van der Waals surface area contributed by atoms with E-state index in [-0.39, 0.29) is 18.8 Å². The van der Waals surface area contributed by atoms with Gasteiger partial charge < -0.3 is 15.2 Å². The number of aliphatic carboxylic acids is 1. The topological polar surface area (TPSA) is 92.7 Å². The Kier molecular flexibility index (Phi) is 6.93. The summed E-state index contributed by atoms with van der Waals surface area (Å²) in [5, 5.41) is 11.4. The van der Waals surface area contributed by atoms with Gasteiger partial charge in [-0.2, -0.15) is 0 Å². The molecule has 6 nitrogen and oxygen atoms in total. The monoisotopic (exact) mass is 453 g/mol. The van der Waals surface area contributed by atoms with Gasteiger partial charge in [0.05, 0.1) is 0 Å². The molecule has 0 saturated heterocycles. The smallest absolute Gasteiger partial charge is 0.408 e. The molecule has 7 heteroatoms. The van der Waals surface area contributed by atoms with Crippen molar-refractivity contribution in [2.24, 2.45) is 0 Å². The number of Topliss-reactive ketones (excluding diaryl/α,β-unsaturated/α-hetero) is 1. The maximum Gasteiger partial charge on any atom is 0.408 e. The Bertz CT molecular complexity index is 746. The Labute approximate surface area is 158 Å². The molecule has 0 spiro atoms. The van der Waals surface area contributed by atoms with E-state index < -0.39 is 18.1 Å². The van der Waals surface area contributed by atoms with Gasteiger partial charge in [0.15, 0.2) is 5.78 Å². The van der Waals surface area contributed by atoms with Gasteiger partial charge in [0, 0.05) is 15.6 Å². The van der Waals surface area contributed by atoms with E-state index in [0.29, 0.717) is 5.56 Å². The molecule has 0 aliphatic heterocycles. The van der Waals surface area contributed by atoms with Crippen LogP contribution in [0.15, 0.2) is 54.6 Å².